The highest BCUT2D eigenvalue weighted by atomic mass is 16.4. The van der Waals surface area contributed by atoms with Crippen LogP contribution in [0, 0.1) is 0 Å². The molecule has 2 heterocycles. The molecule has 2 aliphatic rings. The van der Waals surface area contributed by atoms with Gasteiger partial charge in [0.1, 0.15) is 0 Å². The summed E-state index contributed by atoms with van der Waals surface area (Å²) in [6.45, 7) is 7.79. The summed E-state index contributed by atoms with van der Waals surface area (Å²) in [5.41, 5.74) is -0.0847. The topological polar surface area (TPSA) is 43.8 Å². The van der Waals surface area contributed by atoms with Gasteiger partial charge in [0.25, 0.3) is 0 Å². The maximum absolute atomic E-state index is 11.5. The molecule has 0 spiro atoms. The third kappa shape index (κ3) is 4.68. The Balaban J connectivity index is 2.10. The van der Waals surface area contributed by atoms with Gasteiger partial charge in [-0.1, -0.05) is 19.8 Å². The van der Waals surface area contributed by atoms with Crippen molar-refractivity contribution < 1.29 is 9.90 Å². The largest absolute Gasteiger partial charge is 0.481 e. The van der Waals surface area contributed by atoms with Crippen molar-refractivity contribution >= 4 is 5.97 Å². The molecule has 0 aromatic heterocycles. The fraction of sp³-hybridized carbons (Fsp3) is 0.941. The highest BCUT2D eigenvalue weighted by Crippen LogP contribution is 2.34. The van der Waals surface area contributed by atoms with Crippen LogP contribution >= 0.6 is 0 Å². The van der Waals surface area contributed by atoms with E-state index in [4.69, 9.17) is 0 Å². The van der Waals surface area contributed by atoms with E-state index in [0.717, 1.165) is 52.0 Å². The standard InChI is InChI=1S/C17H32N2O2/c1-2-10-18-11-7-8-17(9-14-18,15-16(20)21)19-12-5-3-4-6-13-19/h2-15H2,1H3,(H,20,21). The lowest BCUT2D eigenvalue weighted by Crippen LogP contribution is -2.51. The van der Waals surface area contributed by atoms with Crippen molar-refractivity contribution in [2.75, 3.05) is 32.7 Å². The third-order valence-electron chi connectivity index (χ3n) is 5.31. The molecule has 2 fully saturated rings. The number of rotatable bonds is 5. The Morgan fingerprint density at radius 2 is 1.71 bits per heavy atom. The van der Waals surface area contributed by atoms with Crippen molar-refractivity contribution in [2.24, 2.45) is 0 Å². The molecule has 4 nitrogen and oxygen atoms in total. The Hall–Kier alpha value is -0.610. The minimum absolute atomic E-state index is 0.0847. The number of hydrogen-bond donors (Lipinski definition) is 1. The molecule has 2 saturated heterocycles. The van der Waals surface area contributed by atoms with Crippen LogP contribution in [0.25, 0.3) is 0 Å². The lowest BCUT2D eigenvalue weighted by Gasteiger charge is -2.42. The van der Waals surface area contributed by atoms with Gasteiger partial charge in [-0.3, -0.25) is 9.69 Å². The third-order valence-corrected chi connectivity index (χ3v) is 5.31. The fourth-order valence-electron chi connectivity index (χ4n) is 4.21. The zero-order valence-electron chi connectivity index (χ0n) is 13.6. The van der Waals surface area contributed by atoms with Gasteiger partial charge >= 0.3 is 5.97 Å². The number of likely N-dealkylation sites (tertiary alicyclic amines) is 2. The summed E-state index contributed by atoms with van der Waals surface area (Å²) < 4.78 is 0. The smallest absolute Gasteiger partial charge is 0.305 e. The van der Waals surface area contributed by atoms with E-state index in [9.17, 15) is 9.90 Å². The molecule has 122 valence electrons. The van der Waals surface area contributed by atoms with Gasteiger partial charge in [0, 0.05) is 5.54 Å². The van der Waals surface area contributed by atoms with Gasteiger partial charge in [-0.2, -0.15) is 0 Å². The molecular weight excluding hydrogens is 264 g/mol. The Labute approximate surface area is 129 Å². The summed E-state index contributed by atoms with van der Waals surface area (Å²) in [6, 6.07) is 0. The monoisotopic (exact) mass is 296 g/mol. The quantitative estimate of drug-likeness (QED) is 0.847. The fourth-order valence-corrected chi connectivity index (χ4v) is 4.21. The maximum atomic E-state index is 11.5. The van der Waals surface area contributed by atoms with Crippen LogP contribution in [0.15, 0.2) is 0 Å². The van der Waals surface area contributed by atoms with E-state index < -0.39 is 5.97 Å². The highest BCUT2D eigenvalue weighted by molar-refractivity contribution is 5.68. The zero-order valence-corrected chi connectivity index (χ0v) is 13.6. The van der Waals surface area contributed by atoms with Crippen LogP contribution in [0.3, 0.4) is 0 Å². The molecule has 0 saturated carbocycles. The second-order valence-corrected chi connectivity index (χ2v) is 6.89. The van der Waals surface area contributed by atoms with Gasteiger partial charge < -0.3 is 10.0 Å². The Morgan fingerprint density at radius 3 is 2.33 bits per heavy atom. The minimum Gasteiger partial charge on any atom is -0.481 e. The van der Waals surface area contributed by atoms with E-state index in [1.54, 1.807) is 0 Å². The molecule has 1 N–H and O–H groups in total. The van der Waals surface area contributed by atoms with Crippen molar-refractivity contribution in [2.45, 2.75) is 70.3 Å². The van der Waals surface area contributed by atoms with Gasteiger partial charge in [-0.15, -0.1) is 0 Å². The lowest BCUT2D eigenvalue weighted by molar-refractivity contribution is -0.141. The molecule has 2 rings (SSSR count). The molecule has 1 atom stereocenters. The van der Waals surface area contributed by atoms with Crippen molar-refractivity contribution in [1.82, 2.24) is 9.80 Å². The van der Waals surface area contributed by atoms with Crippen LogP contribution in [-0.4, -0.2) is 59.1 Å². The van der Waals surface area contributed by atoms with Crippen LogP contribution in [0.5, 0.6) is 0 Å². The number of carbonyl (C=O) groups is 1. The van der Waals surface area contributed by atoms with E-state index in [1.165, 1.54) is 32.1 Å². The molecule has 1 unspecified atom stereocenters. The average Bonchev–Trinajstić information content (AvgIpc) is 2.81. The van der Waals surface area contributed by atoms with Gasteiger partial charge in [-0.25, -0.2) is 0 Å². The van der Waals surface area contributed by atoms with E-state index in [-0.39, 0.29) is 5.54 Å². The summed E-state index contributed by atoms with van der Waals surface area (Å²) in [7, 11) is 0. The second-order valence-electron chi connectivity index (χ2n) is 6.89. The predicted molar refractivity (Wildman–Crippen MR) is 85.6 cm³/mol. The van der Waals surface area contributed by atoms with Crippen LogP contribution < -0.4 is 0 Å². The molecule has 4 heteroatoms. The summed E-state index contributed by atoms with van der Waals surface area (Å²) in [5, 5.41) is 9.45. The molecule has 0 amide bonds. The first-order valence-corrected chi connectivity index (χ1v) is 8.85. The summed E-state index contributed by atoms with van der Waals surface area (Å²) in [6.07, 6.45) is 9.83. The van der Waals surface area contributed by atoms with Crippen molar-refractivity contribution in [3.05, 3.63) is 0 Å². The Bertz CT molecular complexity index is 327. The molecule has 0 radical (unpaired) electrons. The predicted octanol–water partition coefficient (Wildman–Crippen LogP) is 2.97. The molecule has 21 heavy (non-hydrogen) atoms. The average molecular weight is 296 g/mol. The minimum atomic E-state index is -0.622. The maximum Gasteiger partial charge on any atom is 0.305 e. The Morgan fingerprint density at radius 1 is 1.00 bits per heavy atom. The van der Waals surface area contributed by atoms with Crippen molar-refractivity contribution in [3.8, 4) is 0 Å². The van der Waals surface area contributed by atoms with E-state index in [2.05, 4.69) is 16.7 Å². The Kier molecular flexibility index (Phi) is 6.49. The van der Waals surface area contributed by atoms with Crippen LogP contribution in [0.4, 0.5) is 0 Å². The molecule has 0 aromatic rings. The number of carboxylic acid groups (broad SMARTS) is 1. The van der Waals surface area contributed by atoms with Crippen LogP contribution in [0.2, 0.25) is 0 Å². The first-order valence-electron chi connectivity index (χ1n) is 8.85. The van der Waals surface area contributed by atoms with Crippen LogP contribution in [0.1, 0.15) is 64.7 Å². The lowest BCUT2D eigenvalue weighted by atomic mass is 9.84. The summed E-state index contributed by atoms with van der Waals surface area (Å²) in [5.74, 6) is -0.622. The van der Waals surface area contributed by atoms with E-state index >= 15 is 0 Å². The van der Waals surface area contributed by atoms with Crippen molar-refractivity contribution in [1.29, 1.82) is 0 Å². The normalized spacial score (nSPS) is 29.8. The second kappa shape index (κ2) is 8.14. The summed E-state index contributed by atoms with van der Waals surface area (Å²) >= 11 is 0. The van der Waals surface area contributed by atoms with E-state index in [0.29, 0.717) is 6.42 Å². The molecule has 2 aliphatic heterocycles. The molecule has 0 aromatic carbocycles. The SMILES string of the molecule is CCCN1CCCC(CC(=O)O)(N2CCCCCC2)CC1. The van der Waals surface area contributed by atoms with Gasteiger partial charge in [0.15, 0.2) is 0 Å². The first-order chi connectivity index (χ1) is 10.2. The van der Waals surface area contributed by atoms with Gasteiger partial charge in [-0.05, 0) is 71.2 Å². The zero-order chi connectivity index (χ0) is 15.1. The first kappa shape index (κ1) is 16.8. The molecule has 0 bridgehead atoms. The molecule has 0 aliphatic carbocycles. The highest BCUT2D eigenvalue weighted by Gasteiger charge is 2.39. The number of nitrogens with zero attached hydrogens (tertiary/aromatic N) is 2. The van der Waals surface area contributed by atoms with Crippen molar-refractivity contribution in [3.63, 3.8) is 0 Å². The number of aliphatic carboxylic acids is 1. The van der Waals surface area contributed by atoms with Gasteiger partial charge in [0.05, 0.1) is 6.42 Å². The number of carboxylic acids is 1. The van der Waals surface area contributed by atoms with E-state index in [1.807, 2.05) is 0 Å². The number of hydrogen-bond acceptors (Lipinski definition) is 3. The van der Waals surface area contributed by atoms with Crippen LogP contribution in [-0.2, 0) is 4.79 Å². The molecular formula is C17H32N2O2. The van der Waals surface area contributed by atoms with Gasteiger partial charge in [0.2, 0.25) is 0 Å². The summed E-state index contributed by atoms with van der Waals surface area (Å²) in [4.78, 5) is 16.6.